The molecule has 148 valence electrons. The van der Waals surface area contributed by atoms with Crippen LogP contribution in [-0.4, -0.2) is 25.9 Å². The number of amides is 2. The number of hydrogen-bond acceptors (Lipinski definition) is 3. The fraction of sp³-hybridized carbons (Fsp3) is 0.167. The van der Waals surface area contributed by atoms with E-state index in [0.29, 0.717) is 16.8 Å². The van der Waals surface area contributed by atoms with E-state index in [9.17, 15) is 9.59 Å². The van der Waals surface area contributed by atoms with Gasteiger partial charge >= 0.3 is 0 Å². The molecule has 3 aromatic rings. The van der Waals surface area contributed by atoms with E-state index in [-0.39, 0.29) is 11.8 Å². The molecule has 2 N–H and O–H groups in total. The van der Waals surface area contributed by atoms with E-state index in [1.54, 1.807) is 24.3 Å². The zero-order valence-corrected chi connectivity index (χ0v) is 16.9. The molecule has 0 aromatic heterocycles. The molecule has 0 heterocycles. The van der Waals surface area contributed by atoms with Crippen molar-refractivity contribution in [2.45, 2.75) is 13.3 Å². The van der Waals surface area contributed by atoms with Crippen LogP contribution in [0.1, 0.15) is 33.2 Å². The van der Waals surface area contributed by atoms with Crippen LogP contribution >= 0.6 is 0 Å². The SMILES string of the molecule is CCc1ccc(NC(=O)c2cccc(C(=O)Nc3ccc(N(C)C)cc3)c2)cc1. The van der Waals surface area contributed by atoms with E-state index >= 15 is 0 Å². The molecular weight excluding hydrogens is 362 g/mol. The van der Waals surface area contributed by atoms with Gasteiger partial charge in [0.2, 0.25) is 0 Å². The molecular formula is C24H25N3O2. The number of anilines is 3. The summed E-state index contributed by atoms with van der Waals surface area (Å²) in [6.45, 7) is 2.08. The van der Waals surface area contributed by atoms with E-state index in [2.05, 4.69) is 17.6 Å². The number of carbonyl (C=O) groups excluding carboxylic acids is 2. The maximum Gasteiger partial charge on any atom is 0.255 e. The summed E-state index contributed by atoms with van der Waals surface area (Å²) in [6, 6.07) is 22.0. The minimum atomic E-state index is -0.260. The van der Waals surface area contributed by atoms with Gasteiger partial charge in [-0.3, -0.25) is 9.59 Å². The second-order valence-corrected chi connectivity index (χ2v) is 6.98. The molecule has 0 aliphatic rings. The van der Waals surface area contributed by atoms with Crippen LogP contribution in [0.25, 0.3) is 0 Å². The molecule has 0 saturated carbocycles. The van der Waals surface area contributed by atoms with Gasteiger partial charge < -0.3 is 15.5 Å². The predicted octanol–water partition coefficient (Wildman–Crippen LogP) is 4.82. The average molecular weight is 387 g/mol. The van der Waals surface area contributed by atoms with Gasteiger partial charge in [0.05, 0.1) is 0 Å². The van der Waals surface area contributed by atoms with Gasteiger partial charge in [-0.25, -0.2) is 0 Å². The van der Waals surface area contributed by atoms with Gasteiger partial charge in [0.15, 0.2) is 0 Å². The Hall–Kier alpha value is -3.60. The highest BCUT2D eigenvalue weighted by molar-refractivity contribution is 6.08. The quantitative estimate of drug-likeness (QED) is 0.637. The molecule has 29 heavy (non-hydrogen) atoms. The van der Waals surface area contributed by atoms with Crippen molar-refractivity contribution >= 4 is 28.9 Å². The number of nitrogens with zero attached hydrogens (tertiary/aromatic N) is 1. The van der Waals surface area contributed by atoms with Gasteiger partial charge in [0, 0.05) is 42.3 Å². The Morgan fingerprint density at radius 1 is 0.759 bits per heavy atom. The van der Waals surface area contributed by atoms with Crippen molar-refractivity contribution in [2.24, 2.45) is 0 Å². The summed E-state index contributed by atoms with van der Waals surface area (Å²) in [6.07, 6.45) is 0.948. The number of hydrogen-bond donors (Lipinski definition) is 2. The number of benzene rings is 3. The van der Waals surface area contributed by atoms with E-state index in [4.69, 9.17) is 0 Å². The molecule has 5 heteroatoms. The van der Waals surface area contributed by atoms with E-state index in [1.165, 1.54) is 5.56 Å². The number of carbonyl (C=O) groups is 2. The van der Waals surface area contributed by atoms with Crippen molar-refractivity contribution in [3.63, 3.8) is 0 Å². The Kier molecular flexibility index (Phi) is 6.29. The Morgan fingerprint density at radius 3 is 1.69 bits per heavy atom. The highest BCUT2D eigenvalue weighted by atomic mass is 16.2. The molecule has 0 bridgehead atoms. The monoisotopic (exact) mass is 387 g/mol. The second kappa shape index (κ2) is 9.06. The summed E-state index contributed by atoms with van der Waals surface area (Å²) >= 11 is 0. The molecule has 0 aliphatic heterocycles. The molecule has 2 amide bonds. The third kappa shape index (κ3) is 5.23. The standard InChI is InChI=1S/C24H25N3O2/c1-4-17-8-10-20(11-9-17)25-23(28)18-6-5-7-19(16-18)24(29)26-21-12-14-22(15-13-21)27(2)3/h5-16H,4H2,1-3H3,(H,25,28)(H,26,29). The third-order valence-corrected chi connectivity index (χ3v) is 4.65. The van der Waals surface area contributed by atoms with Crippen LogP contribution < -0.4 is 15.5 Å². The number of nitrogens with one attached hydrogen (secondary N) is 2. The summed E-state index contributed by atoms with van der Waals surface area (Å²) in [5.74, 6) is -0.510. The Balaban J connectivity index is 1.68. The zero-order chi connectivity index (χ0) is 20.8. The lowest BCUT2D eigenvalue weighted by atomic mass is 10.1. The number of rotatable bonds is 6. The predicted molar refractivity (Wildman–Crippen MR) is 119 cm³/mol. The van der Waals surface area contributed by atoms with Crippen LogP contribution in [0, 0.1) is 0 Å². The van der Waals surface area contributed by atoms with Crippen LogP contribution in [0.4, 0.5) is 17.1 Å². The summed E-state index contributed by atoms with van der Waals surface area (Å²) in [5, 5.41) is 5.73. The molecule has 0 atom stereocenters. The van der Waals surface area contributed by atoms with Gasteiger partial charge in [0.25, 0.3) is 11.8 Å². The lowest BCUT2D eigenvalue weighted by molar-refractivity contribution is 0.102. The average Bonchev–Trinajstić information content (AvgIpc) is 2.74. The van der Waals surface area contributed by atoms with E-state index in [0.717, 1.165) is 17.8 Å². The van der Waals surface area contributed by atoms with Crippen LogP contribution in [0.2, 0.25) is 0 Å². The van der Waals surface area contributed by atoms with Crippen molar-refractivity contribution in [3.8, 4) is 0 Å². The Labute approximate surface area is 171 Å². The minimum absolute atomic E-state index is 0.251. The first-order valence-corrected chi connectivity index (χ1v) is 9.55. The first kappa shape index (κ1) is 20.1. The van der Waals surface area contributed by atoms with Gasteiger partial charge in [-0.2, -0.15) is 0 Å². The van der Waals surface area contributed by atoms with E-state index in [1.807, 2.05) is 67.5 Å². The summed E-state index contributed by atoms with van der Waals surface area (Å²) < 4.78 is 0. The van der Waals surface area contributed by atoms with Gasteiger partial charge in [-0.15, -0.1) is 0 Å². The third-order valence-electron chi connectivity index (χ3n) is 4.65. The molecule has 0 saturated heterocycles. The molecule has 3 aromatic carbocycles. The molecule has 3 rings (SSSR count). The Bertz CT molecular complexity index is 993. The highest BCUT2D eigenvalue weighted by Crippen LogP contribution is 2.17. The summed E-state index contributed by atoms with van der Waals surface area (Å²) in [4.78, 5) is 27.1. The lowest BCUT2D eigenvalue weighted by Crippen LogP contribution is -2.15. The number of aryl methyl sites for hydroxylation is 1. The van der Waals surface area contributed by atoms with Crippen molar-refractivity contribution in [1.29, 1.82) is 0 Å². The van der Waals surface area contributed by atoms with Crippen molar-refractivity contribution in [2.75, 3.05) is 29.6 Å². The van der Waals surface area contributed by atoms with Crippen LogP contribution in [0.5, 0.6) is 0 Å². The smallest absolute Gasteiger partial charge is 0.255 e. The van der Waals surface area contributed by atoms with Crippen LogP contribution in [0.3, 0.4) is 0 Å². The summed E-state index contributed by atoms with van der Waals surface area (Å²) in [5.41, 5.74) is 4.54. The topological polar surface area (TPSA) is 61.4 Å². The molecule has 0 unspecified atom stereocenters. The fourth-order valence-corrected chi connectivity index (χ4v) is 2.87. The molecule has 0 radical (unpaired) electrons. The maximum atomic E-state index is 12.6. The summed E-state index contributed by atoms with van der Waals surface area (Å²) in [7, 11) is 3.92. The van der Waals surface area contributed by atoms with Crippen molar-refractivity contribution in [3.05, 3.63) is 89.5 Å². The Morgan fingerprint density at radius 2 is 1.24 bits per heavy atom. The normalized spacial score (nSPS) is 10.3. The second-order valence-electron chi connectivity index (χ2n) is 6.98. The van der Waals surface area contributed by atoms with E-state index < -0.39 is 0 Å². The van der Waals surface area contributed by atoms with Crippen molar-refractivity contribution in [1.82, 2.24) is 0 Å². The van der Waals surface area contributed by atoms with Gasteiger partial charge in [-0.1, -0.05) is 25.1 Å². The van der Waals surface area contributed by atoms with Crippen molar-refractivity contribution < 1.29 is 9.59 Å². The molecule has 0 aliphatic carbocycles. The largest absolute Gasteiger partial charge is 0.378 e. The van der Waals surface area contributed by atoms with Gasteiger partial charge in [0.1, 0.15) is 0 Å². The first-order valence-electron chi connectivity index (χ1n) is 9.55. The maximum absolute atomic E-state index is 12.6. The zero-order valence-electron chi connectivity index (χ0n) is 16.9. The minimum Gasteiger partial charge on any atom is -0.378 e. The van der Waals surface area contributed by atoms with Crippen LogP contribution in [0.15, 0.2) is 72.8 Å². The molecule has 5 nitrogen and oxygen atoms in total. The molecule has 0 spiro atoms. The van der Waals surface area contributed by atoms with Crippen LogP contribution in [-0.2, 0) is 6.42 Å². The fourth-order valence-electron chi connectivity index (χ4n) is 2.87. The highest BCUT2D eigenvalue weighted by Gasteiger charge is 2.11. The van der Waals surface area contributed by atoms with Gasteiger partial charge in [-0.05, 0) is 66.6 Å². The first-order chi connectivity index (χ1) is 14.0. The lowest BCUT2D eigenvalue weighted by Gasteiger charge is -2.13. The molecule has 0 fully saturated rings.